The van der Waals surface area contributed by atoms with Gasteiger partial charge in [-0.3, -0.25) is 9.59 Å². The van der Waals surface area contributed by atoms with E-state index in [4.69, 9.17) is 0 Å². The molecule has 0 aliphatic rings. The SMILES string of the molecule is CCN(Cc1ccccc1NC(=O)c1cc2c(F)cccc2s1)C(C)=O. The van der Waals surface area contributed by atoms with Crippen LogP contribution >= 0.6 is 11.3 Å². The Hall–Kier alpha value is -2.73. The maximum atomic E-state index is 13.8. The van der Waals surface area contributed by atoms with Crippen molar-refractivity contribution < 1.29 is 14.0 Å². The first-order valence-corrected chi connectivity index (χ1v) is 9.14. The first-order valence-electron chi connectivity index (χ1n) is 8.32. The molecule has 2 aromatic carbocycles. The molecule has 0 unspecified atom stereocenters. The largest absolute Gasteiger partial charge is 0.339 e. The van der Waals surface area contributed by atoms with E-state index in [0.29, 0.717) is 29.0 Å². The Kier molecular flexibility index (Phi) is 5.32. The van der Waals surface area contributed by atoms with E-state index in [0.717, 1.165) is 10.3 Å². The molecule has 134 valence electrons. The van der Waals surface area contributed by atoms with E-state index in [1.807, 2.05) is 25.1 Å². The summed E-state index contributed by atoms with van der Waals surface area (Å²) in [4.78, 5) is 26.4. The number of anilines is 1. The van der Waals surface area contributed by atoms with Crippen molar-refractivity contribution in [2.45, 2.75) is 20.4 Å². The van der Waals surface area contributed by atoms with E-state index in [2.05, 4.69) is 5.32 Å². The first-order chi connectivity index (χ1) is 12.5. The summed E-state index contributed by atoms with van der Waals surface area (Å²) in [6, 6.07) is 13.8. The highest BCUT2D eigenvalue weighted by Gasteiger charge is 2.15. The van der Waals surface area contributed by atoms with Crippen LogP contribution in [0.15, 0.2) is 48.5 Å². The summed E-state index contributed by atoms with van der Waals surface area (Å²) in [6.07, 6.45) is 0. The van der Waals surface area contributed by atoms with Gasteiger partial charge in [0.25, 0.3) is 5.91 Å². The summed E-state index contributed by atoms with van der Waals surface area (Å²) in [5, 5.41) is 3.34. The number of carbonyl (C=O) groups excluding carboxylic acids is 2. The fraction of sp³-hybridized carbons (Fsp3) is 0.200. The minimum Gasteiger partial charge on any atom is -0.339 e. The van der Waals surface area contributed by atoms with Crippen molar-refractivity contribution in [1.29, 1.82) is 0 Å². The van der Waals surface area contributed by atoms with Crippen LogP contribution in [0, 0.1) is 5.82 Å². The third-order valence-corrected chi connectivity index (χ3v) is 5.28. The minimum absolute atomic E-state index is 0.0198. The van der Waals surface area contributed by atoms with Gasteiger partial charge in [-0.05, 0) is 36.8 Å². The summed E-state index contributed by atoms with van der Waals surface area (Å²) >= 11 is 1.25. The number of hydrogen-bond acceptors (Lipinski definition) is 3. The van der Waals surface area contributed by atoms with Gasteiger partial charge in [-0.1, -0.05) is 24.3 Å². The molecule has 0 saturated heterocycles. The van der Waals surface area contributed by atoms with Crippen molar-refractivity contribution in [3.8, 4) is 0 Å². The highest BCUT2D eigenvalue weighted by Crippen LogP contribution is 2.28. The lowest BCUT2D eigenvalue weighted by molar-refractivity contribution is -0.129. The lowest BCUT2D eigenvalue weighted by Gasteiger charge is -2.20. The van der Waals surface area contributed by atoms with Crippen LogP contribution in [0.5, 0.6) is 0 Å². The Morgan fingerprint density at radius 1 is 1.15 bits per heavy atom. The lowest BCUT2D eigenvalue weighted by Crippen LogP contribution is -2.28. The Morgan fingerprint density at radius 3 is 2.62 bits per heavy atom. The molecule has 6 heteroatoms. The number of nitrogens with zero attached hydrogens (tertiary/aromatic N) is 1. The number of halogens is 1. The molecule has 3 rings (SSSR count). The molecule has 1 aromatic heterocycles. The van der Waals surface area contributed by atoms with Gasteiger partial charge in [0, 0.05) is 35.8 Å². The van der Waals surface area contributed by atoms with Crippen molar-refractivity contribution >= 4 is 38.9 Å². The highest BCUT2D eigenvalue weighted by atomic mass is 32.1. The van der Waals surface area contributed by atoms with Gasteiger partial charge in [0.1, 0.15) is 5.82 Å². The van der Waals surface area contributed by atoms with E-state index in [1.165, 1.54) is 24.3 Å². The van der Waals surface area contributed by atoms with Gasteiger partial charge in [0.05, 0.1) is 4.88 Å². The molecule has 4 nitrogen and oxygen atoms in total. The predicted octanol–water partition coefficient (Wildman–Crippen LogP) is 4.66. The smallest absolute Gasteiger partial charge is 0.265 e. The Bertz CT molecular complexity index is 967. The molecule has 0 bridgehead atoms. The van der Waals surface area contributed by atoms with Crippen molar-refractivity contribution in [3.05, 3.63) is 64.8 Å². The molecule has 26 heavy (non-hydrogen) atoms. The van der Waals surface area contributed by atoms with Gasteiger partial charge in [0.2, 0.25) is 5.91 Å². The maximum Gasteiger partial charge on any atom is 0.265 e. The van der Waals surface area contributed by atoms with Crippen LogP contribution in [0.1, 0.15) is 29.1 Å². The molecular formula is C20H19FN2O2S. The highest BCUT2D eigenvalue weighted by molar-refractivity contribution is 7.20. The Labute approximate surface area is 155 Å². The second-order valence-corrected chi connectivity index (χ2v) is 6.99. The summed E-state index contributed by atoms with van der Waals surface area (Å²) in [7, 11) is 0. The summed E-state index contributed by atoms with van der Waals surface area (Å²) in [6.45, 7) is 4.45. The van der Waals surface area contributed by atoms with Crippen LogP contribution in [0.4, 0.5) is 10.1 Å². The standard InChI is InChI=1S/C20H19FN2O2S/c1-3-23(13(2)24)12-14-7-4-5-9-17(14)22-20(25)19-11-15-16(21)8-6-10-18(15)26-19/h4-11H,3,12H2,1-2H3,(H,22,25). The van der Waals surface area contributed by atoms with Gasteiger partial charge in [0.15, 0.2) is 0 Å². The first kappa shape index (κ1) is 18.1. The van der Waals surface area contributed by atoms with E-state index >= 15 is 0 Å². The van der Waals surface area contributed by atoms with Crippen molar-refractivity contribution in [2.75, 3.05) is 11.9 Å². The molecular weight excluding hydrogens is 351 g/mol. The molecule has 1 heterocycles. The second kappa shape index (κ2) is 7.66. The third-order valence-electron chi connectivity index (χ3n) is 4.19. The number of thiophene rings is 1. The zero-order valence-corrected chi connectivity index (χ0v) is 15.4. The Balaban J connectivity index is 1.85. The zero-order valence-electron chi connectivity index (χ0n) is 14.6. The van der Waals surface area contributed by atoms with Gasteiger partial charge in [-0.2, -0.15) is 0 Å². The van der Waals surface area contributed by atoms with Crippen LogP contribution in [-0.4, -0.2) is 23.3 Å². The molecule has 0 saturated carbocycles. The van der Waals surface area contributed by atoms with Crippen LogP contribution in [0.2, 0.25) is 0 Å². The quantitative estimate of drug-likeness (QED) is 0.710. The van der Waals surface area contributed by atoms with E-state index in [1.54, 1.807) is 29.2 Å². The van der Waals surface area contributed by atoms with E-state index < -0.39 is 0 Å². The molecule has 0 aliphatic carbocycles. The molecule has 1 N–H and O–H groups in total. The van der Waals surface area contributed by atoms with Crippen LogP contribution in [0.25, 0.3) is 10.1 Å². The molecule has 2 amide bonds. The van der Waals surface area contributed by atoms with Crippen molar-refractivity contribution in [1.82, 2.24) is 4.90 Å². The molecule has 0 spiro atoms. The summed E-state index contributed by atoms with van der Waals surface area (Å²) in [5.41, 5.74) is 1.50. The average molecular weight is 370 g/mol. The number of rotatable bonds is 5. The predicted molar refractivity (Wildman–Crippen MR) is 103 cm³/mol. The zero-order chi connectivity index (χ0) is 18.7. The maximum absolute atomic E-state index is 13.8. The van der Waals surface area contributed by atoms with Crippen LogP contribution < -0.4 is 5.32 Å². The average Bonchev–Trinajstić information content (AvgIpc) is 3.06. The Morgan fingerprint density at radius 2 is 1.92 bits per heavy atom. The number of benzene rings is 2. The van der Waals surface area contributed by atoms with Crippen LogP contribution in [-0.2, 0) is 11.3 Å². The number of amides is 2. The van der Waals surface area contributed by atoms with E-state index in [9.17, 15) is 14.0 Å². The number of nitrogens with one attached hydrogen (secondary N) is 1. The summed E-state index contributed by atoms with van der Waals surface area (Å²) in [5.74, 6) is -0.643. The number of para-hydroxylation sites is 1. The number of carbonyl (C=O) groups is 2. The number of fused-ring (bicyclic) bond motifs is 1. The fourth-order valence-corrected chi connectivity index (χ4v) is 3.72. The van der Waals surface area contributed by atoms with E-state index in [-0.39, 0.29) is 17.6 Å². The van der Waals surface area contributed by atoms with Gasteiger partial charge >= 0.3 is 0 Å². The second-order valence-electron chi connectivity index (χ2n) is 5.91. The van der Waals surface area contributed by atoms with Gasteiger partial charge < -0.3 is 10.2 Å². The monoisotopic (exact) mass is 370 g/mol. The minimum atomic E-state index is -0.335. The molecule has 0 radical (unpaired) electrons. The van der Waals surface area contributed by atoms with Gasteiger partial charge in [-0.15, -0.1) is 11.3 Å². The lowest BCUT2D eigenvalue weighted by atomic mass is 10.1. The molecule has 3 aromatic rings. The normalized spacial score (nSPS) is 10.7. The third kappa shape index (κ3) is 3.75. The number of hydrogen-bond donors (Lipinski definition) is 1. The topological polar surface area (TPSA) is 49.4 Å². The van der Waals surface area contributed by atoms with Crippen molar-refractivity contribution in [3.63, 3.8) is 0 Å². The molecule has 0 fully saturated rings. The van der Waals surface area contributed by atoms with Crippen molar-refractivity contribution in [2.24, 2.45) is 0 Å². The van der Waals surface area contributed by atoms with Crippen LogP contribution in [0.3, 0.4) is 0 Å². The van der Waals surface area contributed by atoms with Gasteiger partial charge in [-0.25, -0.2) is 4.39 Å². The molecule has 0 aliphatic heterocycles. The summed E-state index contributed by atoms with van der Waals surface area (Å²) < 4.78 is 14.6. The fourth-order valence-electron chi connectivity index (χ4n) is 2.75. The molecule has 0 atom stereocenters.